The molecule has 12 heteroatoms. The average molecular weight is 852 g/mol. The van der Waals surface area contributed by atoms with E-state index in [2.05, 4.69) is 116 Å². The molecule has 0 aromatic heterocycles. The number of allylic oxidation sites excluding steroid dienone is 22. The van der Waals surface area contributed by atoms with Crippen LogP contribution in [0.5, 0.6) is 0 Å². The van der Waals surface area contributed by atoms with Crippen LogP contribution in [0.4, 0.5) is 0 Å². The molecule has 0 bridgehead atoms. The van der Waals surface area contributed by atoms with Gasteiger partial charge in [-0.05, 0) is 77.0 Å². The summed E-state index contributed by atoms with van der Waals surface area (Å²) in [5.41, 5.74) is 5.31. The molecule has 0 aliphatic heterocycles. The smallest absolute Gasteiger partial charge is 0.472 e. The maximum absolute atomic E-state index is 12.6. The van der Waals surface area contributed by atoms with Crippen molar-refractivity contribution in [3.05, 3.63) is 146 Å². The van der Waals surface area contributed by atoms with Gasteiger partial charge in [0.15, 0.2) is 6.10 Å². The Morgan fingerprint density at radius 3 is 1.12 bits per heavy atom. The normalized spacial score (nSPS) is 15.1. The number of carboxylic acid groups (broad SMARTS) is 1. The van der Waals surface area contributed by atoms with E-state index in [9.17, 15) is 23.8 Å². The van der Waals surface area contributed by atoms with Crippen molar-refractivity contribution in [2.45, 2.75) is 116 Å². The molecule has 0 saturated carbocycles. The fourth-order valence-corrected chi connectivity index (χ4v) is 5.24. The Morgan fingerprint density at radius 1 is 0.483 bits per heavy atom. The number of phosphoric acid groups is 1. The first kappa shape index (κ1) is 55.4. The van der Waals surface area contributed by atoms with Crippen molar-refractivity contribution in [3.63, 3.8) is 0 Å². The number of ether oxygens (including phenoxy) is 2. The average Bonchev–Trinajstić information content (AvgIpc) is 3.22. The van der Waals surface area contributed by atoms with Gasteiger partial charge in [-0.2, -0.15) is 0 Å². The molecule has 4 N–H and O–H groups in total. The molecule has 0 aliphatic carbocycles. The van der Waals surface area contributed by atoms with Crippen molar-refractivity contribution in [3.8, 4) is 0 Å². The Morgan fingerprint density at radius 2 is 0.783 bits per heavy atom. The van der Waals surface area contributed by atoms with Crippen LogP contribution in [0.2, 0.25) is 0 Å². The first-order chi connectivity index (χ1) is 29.1. The van der Waals surface area contributed by atoms with Gasteiger partial charge in [-0.25, -0.2) is 4.57 Å². The van der Waals surface area contributed by atoms with Gasteiger partial charge in [0.05, 0.1) is 26.1 Å². The fraction of sp³-hybridized carbons (Fsp3) is 0.438. The van der Waals surface area contributed by atoms with Crippen LogP contribution in [0.1, 0.15) is 104 Å². The van der Waals surface area contributed by atoms with Crippen LogP contribution >= 0.6 is 7.82 Å². The van der Waals surface area contributed by atoms with Crippen molar-refractivity contribution >= 4 is 25.7 Å². The molecule has 0 aromatic carbocycles. The highest BCUT2D eigenvalue weighted by Gasteiger charge is 2.28. The van der Waals surface area contributed by atoms with Gasteiger partial charge in [-0.15, -0.1) is 0 Å². The largest absolute Gasteiger partial charge is 0.480 e. The third kappa shape index (κ3) is 40.2. The molecule has 0 aromatic rings. The molecular weight excluding hydrogens is 781 g/mol. The second-order valence-electron chi connectivity index (χ2n) is 13.0. The molecule has 0 heterocycles. The van der Waals surface area contributed by atoms with Crippen molar-refractivity contribution in [1.82, 2.24) is 0 Å². The van der Waals surface area contributed by atoms with Crippen LogP contribution in [0.3, 0.4) is 0 Å². The first-order valence-electron chi connectivity index (χ1n) is 20.9. The minimum atomic E-state index is -4.77. The molecule has 0 fully saturated rings. The molecule has 0 spiro atoms. The summed E-state index contributed by atoms with van der Waals surface area (Å²) in [7, 11) is -4.77. The van der Waals surface area contributed by atoms with Crippen molar-refractivity contribution in [2.75, 3.05) is 19.8 Å². The van der Waals surface area contributed by atoms with E-state index in [4.69, 9.17) is 24.8 Å². The summed E-state index contributed by atoms with van der Waals surface area (Å²) in [5.74, 6) is -2.72. The minimum absolute atomic E-state index is 0.0422. The second-order valence-corrected chi connectivity index (χ2v) is 14.5. The summed E-state index contributed by atoms with van der Waals surface area (Å²) in [4.78, 5) is 45.8. The highest BCUT2D eigenvalue weighted by Crippen LogP contribution is 2.43. The Hall–Kier alpha value is -4.64. The predicted molar refractivity (Wildman–Crippen MR) is 244 cm³/mol. The van der Waals surface area contributed by atoms with E-state index in [1.807, 2.05) is 30.4 Å². The van der Waals surface area contributed by atoms with Crippen LogP contribution in [-0.2, 0) is 37.5 Å². The lowest BCUT2D eigenvalue weighted by Gasteiger charge is -2.20. The summed E-state index contributed by atoms with van der Waals surface area (Å²) in [5, 5.41) is 8.88. The van der Waals surface area contributed by atoms with Gasteiger partial charge in [-0.1, -0.05) is 160 Å². The molecule has 0 saturated heterocycles. The van der Waals surface area contributed by atoms with Crippen LogP contribution < -0.4 is 5.73 Å². The molecule has 0 radical (unpaired) electrons. The Bertz CT molecular complexity index is 1560. The highest BCUT2D eigenvalue weighted by atomic mass is 31.2. The zero-order valence-corrected chi connectivity index (χ0v) is 36.6. The minimum Gasteiger partial charge on any atom is -0.480 e. The van der Waals surface area contributed by atoms with Gasteiger partial charge in [-0.3, -0.25) is 23.4 Å². The first-order valence-corrected chi connectivity index (χ1v) is 22.4. The molecule has 11 nitrogen and oxygen atoms in total. The summed E-state index contributed by atoms with van der Waals surface area (Å²) in [6, 6.07) is -1.56. The van der Waals surface area contributed by atoms with E-state index in [1.54, 1.807) is 18.2 Å². The lowest BCUT2D eigenvalue weighted by atomic mass is 10.2. The van der Waals surface area contributed by atoms with Crippen LogP contribution in [-0.4, -0.2) is 59.9 Å². The molecular formula is C48H70NO10P. The number of hydrogen-bond acceptors (Lipinski definition) is 9. The van der Waals surface area contributed by atoms with Gasteiger partial charge >= 0.3 is 25.7 Å². The molecule has 0 aliphatic rings. The topological polar surface area (TPSA) is 172 Å². The molecule has 332 valence electrons. The lowest BCUT2D eigenvalue weighted by Crippen LogP contribution is -2.34. The van der Waals surface area contributed by atoms with Crippen LogP contribution in [0, 0.1) is 0 Å². The van der Waals surface area contributed by atoms with E-state index in [0.717, 1.165) is 64.2 Å². The zero-order valence-electron chi connectivity index (χ0n) is 35.7. The zero-order chi connectivity index (χ0) is 44.2. The van der Waals surface area contributed by atoms with Crippen LogP contribution in [0.25, 0.3) is 0 Å². The number of carbonyl (C=O) groups excluding carboxylic acids is 2. The third-order valence-corrected chi connectivity index (χ3v) is 8.60. The number of aliphatic carboxylic acids is 1. The van der Waals surface area contributed by atoms with Gasteiger partial charge in [0.2, 0.25) is 0 Å². The van der Waals surface area contributed by atoms with E-state index in [1.165, 1.54) is 0 Å². The van der Waals surface area contributed by atoms with Crippen molar-refractivity contribution in [2.24, 2.45) is 5.73 Å². The van der Waals surface area contributed by atoms with Gasteiger partial charge in [0, 0.05) is 0 Å². The molecule has 0 rings (SSSR count). The Kier molecular flexibility index (Phi) is 37.9. The number of phosphoric ester groups is 1. The summed E-state index contributed by atoms with van der Waals surface area (Å²) in [6.07, 6.45) is 58.3. The second kappa shape index (κ2) is 41.1. The lowest BCUT2D eigenvalue weighted by molar-refractivity contribution is -0.160. The summed E-state index contributed by atoms with van der Waals surface area (Å²) >= 11 is 0. The number of hydrogen-bond donors (Lipinski definition) is 3. The fourth-order valence-electron chi connectivity index (χ4n) is 4.46. The maximum atomic E-state index is 12.6. The van der Waals surface area contributed by atoms with Gasteiger partial charge in [0.1, 0.15) is 12.6 Å². The predicted octanol–water partition coefficient (Wildman–Crippen LogP) is 11.2. The SMILES string of the molecule is CCC=CCC=CCC=CCC=CCC=CCC=CCC(=O)OC[C@H](COP(=O)(O)OC[C@H](N)C(=O)O)OC(=O)CC=CCC=CCC=CCC=CCC=CCC=CCC. The maximum Gasteiger partial charge on any atom is 0.472 e. The molecule has 1 unspecified atom stereocenters. The van der Waals surface area contributed by atoms with E-state index >= 15 is 0 Å². The molecule has 3 atom stereocenters. The third-order valence-electron chi connectivity index (χ3n) is 7.65. The highest BCUT2D eigenvalue weighted by molar-refractivity contribution is 7.47. The molecule has 0 amide bonds. The monoisotopic (exact) mass is 851 g/mol. The number of carbonyl (C=O) groups is 3. The standard InChI is InChI=1S/C48H70NO10P/c1-3-5-7-9-11-13-15-17-19-21-23-25-27-29-31-33-35-37-39-46(50)56-41-44(42-57-60(54,55)58-43-45(49)48(52)53)59-47(51)40-38-36-34-32-30-28-26-24-22-20-18-16-14-12-10-8-6-4-2/h5-8,11-14,17-20,23-26,29-32,35-38,44-45H,3-4,9-10,15-16,21-22,27-28,33-34,39-43,49H2,1-2H3,(H,52,53)(H,54,55)/t44-,45+/m1/s1. The van der Waals surface area contributed by atoms with E-state index in [0.29, 0.717) is 12.8 Å². The van der Waals surface area contributed by atoms with Crippen molar-refractivity contribution in [1.29, 1.82) is 0 Å². The van der Waals surface area contributed by atoms with E-state index in [-0.39, 0.29) is 12.8 Å². The number of rotatable bonds is 36. The Labute approximate surface area is 359 Å². The summed E-state index contributed by atoms with van der Waals surface area (Å²) < 4.78 is 32.4. The van der Waals surface area contributed by atoms with Gasteiger partial charge < -0.3 is 25.2 Å². The molecule has 60 heavy (non-hydrogen) atoms. The number of nitrogens with two attached hydrogens (primary N) is 1. The number of esters is 2. The number of carboxylic acids is 1. The van der Waals surface area contributed by atoms with Gasteiger partial charge in [0.25, 0.3) is 0 Å². The van der Waals surface area contributed by atoms with Crippen LogP contribution in [0.15, 0.2) is 146 Å². The Balaban J connectivity index is 4.71. The van der Waals surface area contributed by atoms with Crippen molar-refractivity contribution < 1.29 is 47.5 Å². The van der Waals surface area contributed by atoms with E-state index < -0.39 is 57.7 Å². The summed E-state index contributed by atoms with van der Waals surface area (Å²) in [6.45, 7) is 2.33. The quantitative estimate of drug-likeness (QED) is 0.0311.